The molecule has 0 bridgehead atoms. The smallest absolute Gasteiger partial charge is 0.420 e. The van der Waals surface area contributed by atoms with E-state index in [1.165, 1.54) is 10.9 Å². The normalized spacial score (nSPS) is 18.9. The van der Waals surface area contributed by atoms with Crippen LogP contribution in [-0.4, -0.2) is 69.9 Å². The summed E-state index contributed by atoms with van der Waals surface area (Å²) in [6.45, 7) is 11.2. The number of piperidine rings is 1. The molecule has 2 aliphatic heterocycles. The summed E-state index contributed by atoms with van der Waals surface area (Å²) in [7, 11) is 0. The van der Waals surface area contributed by atoms with E-state index in [9.17, 15) is 19.5 Å². The van der Waals surface area contributed by atoms with Crippen molar-refractivity contribution in [2.24, 2.45) is 0 Å². The van der Waals surface area contributed by atoms with Crippen LogP contribution in [0.3, 0.4) is 0 Å². The van der Waals surface area contributed by atoms with Crippen molar-refractivity contribution < 1.29 is 29.0 Å². The second-order valence-corrected chi connectivity index (χ2v) is 12.7. The Morgan fingerprint density at radius 1 is 1.02 bits per heavy atom. The van der Waals surface area contributed by atoms with Crippen molar-refractivity contribution in [3.8, 4) is 17.0 Å². The Kier molecular flexibility index (Phi) is 6.00. The van der Waals surface area contributed by atoms with Crippen molar-refractivity contribution in [3.05, 3.63) is 36.5 Å². The lowest BCUT2D eigenvalue weighted by atomic mass is 9.86. The number of aromatic nitrogens is 5. The average Bonchev–Trinajstić information content (AvgIpc) is 3.55. The molecule has 2 aliphatic rings. The van der Waals surface area contributed by atoms with Gasteiger partial charge in [-0.2, -0.15) is 0 Å². The monoisotopic (exact) mass is 575 g/mol. The van der Waals surface area contributed by atoms with Crippen LogP contribution in [0.25, 0.3) is 33.3 Å². The molecule has 6 rings (SSSR count). The van der Waals surface area contributed by atoms with Gasteiger partial charge >= 0.3 is 12.2 Å². The molecular weight excluding hydrogens is 542 g/mol. The summed E-state index contributed by atoms with van der Waals surface area (Å²) in [5.74, 6) is 0.200. The predicted octanol–water partition coefficient (Wildman–Crippen LogP) is 4.25. The maximum Gasteiger partial charge on any atom is 0.420 e. The van der Waals surface area contributed by atoms with Crippen molar-refractivity contribution in [2.75, 3.05) is 6.54 Å². The average molecular weight is 576 g/mol. The van der Waals surface area contributed by atoms with Crippen LogP contribution in [0.4, 0.5) is 9.59 Å². The van der Waals surface area contributed by atoms with E-state index in [0.29, 0.717) is 52.1 Å². The van der Waals surface area contributed by atoms with Crippen LogP contribution < -0.4 is 5.32 Å². The number of hydrogen-bond donors (Lipinski definition) is 2. The fraction of sp³-hybridized carbons (Fsp3) is 0.448. The van der Waals surface area contributed by atoms with Crippen LogP contribution in [0.2, 0.25) is 0 Å². The zero-order valence-electron chi connectivity index (χ0n) is 24.4. The number of fused-ring (bicyclic) bond motifs is 5. The van der Waals surface area contributed by atoms with Crippen molar-refractivity contribution in [1.29, 1.82) is 0 Å². The standard InChI is InChI=1S/C29H33N7O6/c1-27(2,3)41-25(39)34-12-9-17-20(31-14-32-23(17)34)16-7-8-18-21(22(16)38)33-24-29(10-11-30-19(37)13-29)36(15-35(18)24)26(40)42-28(4,5)6/h7-9,12,14,38H,10-11,13,15H2,1-6H3,(H,30,37)/t29-/m1/s1. The molecule has 1 fully saturated rings. The van der Waals surface area contributed by atoms with Crippen LogP contribution in [0.5, 0.6) is 5.75 Å². The molecule has 0 aliphatic carbocycles. The molecule has 220 valence electrons. The van der Waals surface area contributed by atoms with Crippen molar-refractivity contribution >= 4 is 40.2 Å². The van der Waals surface area contributed by atoms with Crippen LogP contribution in [0, 0.1) is 0 Å². The van der Waals surface area contributed by atoms with Crippen LogP contribution in [0.15, 0.2) is 30.7 Å². The van der Waals surface area contributed by atoms with E-state index in [4.69, 9.17) is 14.5 Å². The van der Waals surface area contributed by atoms with Gasteiger partial charge in [0, 0.05) is 23.7 Å². The SMILES string of the molecule is CC(C)(C)OC(=O)N1Cn2c(nc3c(O)c(-c4ncnc5c4ccn5C(=O)OC(C)(C)C)ccc32)[C@]12CCNC(=O)C2. The first-order chi connectivity index (χ1) is 19.7. The maximum absolute atomic E-state index is 13.3. The number of carbonyl (C=O) groups excluding carboxylic acids is 3. The van der Waals surface area contributed by atoms with Gasteiger partial charge in [0.25, 0.3) is 0 Å². The van der Waals surface area contributed by atoms with E-state index >= 15 is 0 Å². The largest absolute Gasteiger partial charge is 0.505 e. The van der Waals surface area contributed by atoms with Gasteiger partial charge in [-0.25, -0.2) is 29.1 Å². The second-order valence-electron chi connectivity index (χ2n) is 12.7. The lowest BCUT2D eigenvalue weighted by Gasteiger charge is -2.39. The van der Waals surface area contributed by atoms with E-state index in [2.05, 4.69) is 15.3 Å². The number of aromatic hydroxyl groups is 1. The van der Waals surface area contributed by atoms with Crippen LogP contribution >= 0.6 is 0 Å². The summed E-state index contributed by atoms with van der Waals surface area (Å²) in [4.78, 5) is 53.9. The number of hydrogen-bond acceptors (Lipinski definition) is 9. The Labute approximate surface area is 241 Å². The molecule has 3 aromatic heterocycles. The van der Waals surface area contributed by atoms with Crippen molar-refractivity contribution in [1.82, 2.24) is 34.3 Å². The molecule has 1 aromatic carbocycles. The third-order valence-corrected chi connectivity index (χ3v) is 7.36. The number of nitrogens with zero attached hydrogens (tertiary/aromatic N) is 6. The minimum Gasteiger partial charge on any atom is -0.505 e. The zero-order chi connectivity index (χ0) is 30.2. The van der Waals surface area contributed by atoms with E-state index < -0.39 is 28.9 Å². The topological polar surface area (TPSA) is 154 Å². The summed E-state index contributed by atoms with van der Waals surface area (Å²) in [5.41, 5.74) is -0.381. The Balaban J connectivity index is 1.45. The number of nitrogens with one attached hydrogen (secondary N) is 1. The molecule has 0 saturated carbocycles. The lowest BCUT2D eigenvalue weighted by molar-refractivity contribution is -0.126. The van der Waals surface area contributed by atoms with E-state index in [0.717, 1.165) is 0 Å². The molecular formula is C29H33N7O6. The fourth-order valence-electron chi connectivity index (χ4n) is 5.68. The molecule has 1 saturated heterocycles. The van der Waals surface area contributed by atoms with E-state index in [1.807, 2.05) is 4.57 Å². The molecule has 1 spiro atoms. The number of benzene rings is 1. The van der Waals surface area contributed by atoms with Gasteiger partial charge in [0.15, 0.2) is 11.4 Å². The highest BCUT2D eigenvalue weighted by atomic mass is 16.6. The molecule has 0 radical (unpaired) electrons. The Hall–Kier alpha value is -4.68. The fourth-order valence-corrected chi connectivity index (χ4v) is 5.68. The Morgan fingerprint density at radius 2 is 1.74 bits per heavy atom. The first-order valence-electron chi connectivity index (χ1n) is 13.7. The second kappa shape index (κ2) is 9.16. The van der Waals surface area contributed by atoms with Crippen LogP contribution in [-0.2, 0) is 26.5 Å². The third-order valence-electron chi connectivity index (χ3n) is 7.36. The quantitative estimate of drug-likeness (QED) is 0.339. The van der Waals surface area contributed by atoms with Gasteiger partial charge in [0.05, 0.1) is 17.6 Å². The summed E-state index contributed by atoms with van der Waals surface area (Å²) >= 11 is 0. The number of imidazole rings is 1. The minimum absolute atomic E-state index is 0.0217. The first kappa shape index (κ1) is 27.5. The number of amides is 2. The Bertz CT molecular complexity index is 1780. The summed E-state index contributed by atoms with van der Waals surface area (Å²) < 4.78 is 14.3. The summed E-state index contributed by atoms with van der Waals surface area (Å²) in [5, 5.41) is 14.9. The molecule has 2 amide bonds. The molecule has 0 unspecified atom stereocenters. The zero-order valence-corrected chi connectivity index (χ0v) is 24.4. The molecule has 13 heteroatoms. The molecule has 5 heterocycles. The lowest BCUT2D eigenvalue weighted by Crippen LogP contribution is -2.54. The van der Waals surface area contributed by atoms with Gasteiger partial charge < -0.3 is 24.5 Å². The third kappa shape index (κ3) is 4.39. The highest BCUT2D eigenvalue weighted by Crippen LogP contribution is 2.47. The summed E-state index contributed by atoms with van der Waals surface area (Å²) in [6.07, 6.45) is 2.23. The van der Waals surface area contributed by atoms with Gasteiger partial charge in [0.1, 0.15) is 41.1 Å². The van der Waals surface area contributed by atoms with E-state index in [1.54, 1.807) is 70.8 Å². The first-order valence-corrected chi connectivity index (χ1v) is 13.7. The highest BCUT2D eigenvalue weighted by molar-refractivity contribution is 6.00. The van der Waals surface area contributed by atoms with Gasteiger partial charge in [0.2, 0.25) is 5.91 Å². The van der Waals surface area contributed by atoms with Crippen LogP contribution in [0.1, 0.15) is 60.2 Å². The number of phenols is 1. The molecule has 42 heavy (non-hydrogen) atoms. The van der Waals surface area contributed by atoms with E-state index in [-0.39, 0.29) is 24.7 Å². The Morgan fingerprint density at radius 3 is 2.43 bits per heavy atom. The van der Waals surface area contributed by atoms with Gasteiger partial charge in [-0.15, -0.1) is 0 Å². The number of rotatable bonds is 1. The number of phenolic OH excluding ortho intramolecular Hbond substituents is 1. The molecule has 13 nitrogen and oxygen atoms in total. The molecule has 4 aromatic rings. The number of ether oxygens (including phenoxy) is 2. The molecule has 2 N–H and O–H groups in total. The predicted molar refractivity (Wildman–Crippen MR) is 152 cm³/mol. The van der Waals surface area contributed by atoms with Gasteiger partial charge in [-0.1, -0.05) is 0 Å². The minimum atomic E-state index is -1.02. The highest BCUT2D eigenvalue weighted by Gasteiger charge is 2.54. The van der Waals surface area contributed by atoms with Crippen molar-refractivity contribution in [2.45, 2.75) is 77.8 Å². The van der Waals surface area contributed by atoms with Crippen molar-refractivity contribution in [3.63, 3.8) is 0 Å². The summed E-state index contributed by atoms with van der Waals surface area (Å²) in [6, 6.07) is 5.21. The van der Waals surface area contributed by atoms with Gasteiger partial charge in [-0.05, 0) is 66.2 Å². The maximum atomic E-state index is 13.3. The number of carbonyl (C=O) groups is 3. The van der Waals surface area contributed by atoms with Gasteiger partial charge in [-0.3, -0.25) is 9.69 Å². The molecule has 1 atom stereocenters.